The van der Waals surface area contributed by atoms with Gasteiger partial charge in [-0.05, 0) is 12.1 Å². The molecule has 0 spiro atoms. The Balaban J connectivity index is 2.35. The Hall–Kier alpha value is -1.01. The zero-order chi connectivity index (χ0) is 12.2. The fourth-order valence-electron chi connectivity index (χ4n) is 0.884. The van der Waals surface area contributed by atoms with Crippen molar-refractivity contribution in [2.24, 2.45) is 0 Å². The van der Waals surface area contributed by atoms with Gasteiger partial charge in [-0.15, -0.1) is 13.2 Å². The van der Waals surface area contributed by atoms with Crippen molar-refractivity contribution in [2.75, 3.05) is 13.2 Å². The summed E-state index contributed by atoms with van der Waals surface area (Å²) in [6.07, 6.45) is -4.69. The van der Waals surface area contributed by atoms with Gasteiger partial charge in [0.15, 0.2) is 0 Å². The normalized spacial score (nSPS) is 11.6. The molecular weight excluding hydrogens is 252 g/mol. The quantitative estimate of drug-likeness (QED) is 0.609. The molecule has 0 aliphatic carbocycles. The lowest BCUT2D eigenvalue weighted by atomic mass is 10.3. The number of halogens is 5. The summed E-state index contributed by atoms with van der Waals surface area (Å²) in [5.41, 5.74) is 0. The predicted octanol–water partition coefficient (Wildman–Crippen LogP) is 3.39. The van der Waals surface area contributed by atoms with E-state index in [1.807, 2.05) is 0 Å². The lowest BCUT2D eigenvalue weighted by Gasteiger charge is -2.09. The Kier molecular flexibility index (Phi) is 4.37. The van der Waals surface area contributed by atoms with Crippen LogP contribution in [0.4, 0.5) is 17.6 Å². The van der Waals surface area contributed by atoms with Crippen LogP contribution in [0.15, 0.2) is 18.2 Å². The zero-order valence-corrected chi connectivity index (χ0v) is 8.61. The Morgan fingerprint density at radius 2 is 1.88 bits per heavy atom. The van der Waals surface area contributed by atoms with Gasteiger partial charge in [0, 0.05) is 6.07 Å². The van der Waals surface area contributed by atoms with Crippen LogP contribution in [0.2, 0.25) is 5.02 Å². The summed E-state index contributed by atoms with van der Waals surface area (Å²) < 4.78 is 55.8. The molecule has 0 aliphatic rings. The van der Waals surface area contributed by atoms with Gasteiger partial charge in [0.1, 0.15) is 18.2 Å². The number of benzene rings is 1. The van der Waals surface area contributed by atoms with Gasteiger partial charge < -0.3 is 4.74 Å². The number of rotatable bonds is 4. The van der Waals surface area contributed by atoms with Gasteiger partial charge in [-0.25, -0.2) is 4.39 Å². The van der Waals surface area contributed by atoms with Crippen LogP contribution in [-0.4, -0.2) is 19.6 Å². The minimum absolute atomic E-state index is 0.0844. The molecule has 0 saturated carbocycles. The highest BCUT2D eigenvalue weighted by Gasteiger charge is 2.28. The summed E-state index contributed by atoms with van der Waals surface area (Å²) >= 11 is 5.40. The van der Waals surface area contributed by atoms with Gasteiger partial charge in [0.05, 0.1) is 11.6 Å². The molecule has 1 rings (SSSR count). The molecule has 1 aromatic rings. The Bertz CT molecular complexity index is 354. The molecule has 90 valence electrons. The van der Waals surface area contributed by atoms with E-state index >= 15 is 0 Å². The van der Waals surface area contributed by atoms with E-state index in [4.69, 9.17) is 16.3 Å². The van der Waals surface area contributed by atoms with E-state index < -0.39 is 18.8 Å². The average Bonchev–Trinajstić information content (AvgIpc) is 2.17. The molecule has 16 heavy (non-hydrogen) atoms. The van der Waals surface area contributed by atoms with E-state index in [-0.39, 0.29) is 17.4 Å². The van der Waals surface area contributed by atoms with Crippen LogP contribution in [0.25, 0.3) is 0 Å². The smallest absolute Gasteiger partial charge is 0.491 e. The van der Waals surface area contributed by atoms with Crippen molar-refractivity contribution in [2.45, 2.75) is 6.36 Å². The molecule has 0 heterocycles. The van der Waals surface area contributed by atoms with Crippen molar-refractivity contribution in [3.8, 4) is 5.75 Å². The maximum Gasteiger partial charge on any atom is 0.522 e. The number of ether oxygens (including phenoxy) is 2. The molecule has 0 radical (unpaired) electrons. The third-order valence-electron chi connectivity index (χ3n) is 1.51. The first-order valence-electron chi connectivity index (χ1n) is 4.17. The molecule has 0 saturated heterocycles. The van der Waals surface area contributed by atoms with E-state index in [2.05, 4.69) is 4.74 Å². The van der Waals surface area contributed by atoms with Crippen molar-refractivity contribution >= 4 is 11.6 Å². The second-order valence-corrected chi connectivity index (χ2v) is 3.13. The van der Waals surface area contributed by atoms with Crippen molar-refractivity contribution in [3.63, 3.8) is 0 Å². The number of hydrogen-bond donors (Lipinski definition) is 0. The van der Waals surface area contributed by atoms with E-state index in [1.165, 1.54) is 12.1 Å². The Morgan fingerprint density at radius 1 is 1.19 bits per heavy atom. The third kappa shape index (κ3) is 4.67. The predicted molar refractivity (Wildman–Crippen MR) is 48.9 cm³/mol. The first-order chi connectivity index (χ1) is 7.38. The van der Waals surface area contributed by atoms with Crippen LogP contribution < -0.4 is 4.74 Å². The monoisotopic (exact) mass is 258 g/mol. The zero-order valence-electron chi connectivity index (χ0n) is 7.85. The molecule has 0 fully saturated rings. The molecule has 0 N–H and O–H groups in total. The van der Waals surface area contributed by atoms with Crippen LogP contribution in [-0.2, 0) is 4.74 Å². The number of alkyl halides is 3. The Morgan fingerprint density at radius 3 is 2.44 bits per heavy atom. The fraction of sp³-hybridized carbons (Fsp3) is 0.333. The standard InChI is InChI=1S/C9H7ClF4O2/c10-7-2-1-6(5-8(7)11)15-3-4-16-9(12,13)14/h1-2,5H,3-4H2. The van der Waals surface area contributed by atoms with Crippen molar-refractivity contribution in [1.29, 1.82) is 0 Å². The minimum atomic E-state index is -4.69. The topological polar surface area (TPSA) is 18.5 Å². The van der Waals surface area contributed by atoms with Crippen molar-refractivity contribution in [3.05, 3.63) is 29.0 Å². The molecule has 0 amide bonds. The van der Waals surface area contributed by atoms with Gasteiger partial charge >= 0.3 is 6.36 Å². The van der Waals surface area contributed by atoms with E-state index in [0.29, 0.717) is 0 Å². The van der Waals surface area contributed by atoms with E-state index in [9.17, 15) is 17.6 Å². The van der Waals surface area contributed by atoms with Crippen LogP contribution in [0.3, 0.4) is 0 Å². The molecule has 2 nitrogen and oxygen atoms in total. The molecule has 0 atom stereocenters. The lowest BCUT2D eigenvalue weighted by molar-refractivity contribution is -0.325. The van der Waals surface area contributed by atoms with E-state index in [1.54, 1.807) is 0 Å². The highest BCUT2D eigenvalue weighted by atomic mass is 35.5. The summed E-state index contributed by atoms with van der Waals surface area (Å²) in [6, 6.07) is 3.58. The summed E-state index contributed by atoms with van der Waals surface area (Å²) in [5.74, 6) is -0.608. The highest BCUT2D eigenvalue weighted by molar-refractivity contribution is 6.30. The van der Waals surface area contributed by atoms with E-state index in [0.717, 1.165) is 6.07 Å². The maximum atomic E-state index is 12.9. The molecular formula is C9H7ClF4O2. The largest absolute Gasteiger partial charge is 0.522 e. The average molecular weight is 259 g/mol. The molecule has 0 bridgehead atoms. The maximum absolute atomic E-state index is 12.9. The van der Waals surface area contributed by atoms with Crippen LogP contribution in [0.1, 0.15) is 0 Å². The van der Waals surface area contributed by atoms with Crippen LogP contribution in [0, 0.1) is 5.82 Å². The molecule has 0 aromatic heterocycles. The van der Waals surface area contributed by atoms with Gasteiger partial charge in [-0.2, -0.15) is 0 Å². The van der Waals surface area contributed by atoms with Gasteiger partial charge in [-0.3, -0.25) is 4.74 Å². The second-order valence-electron chi connectivity index (χ2n) is 2.72. The summed E-state index contributed by atoms with van der Waals surface area (Å²) in [4.78, 5) is 0. The van der Waals surface area contributed by atoms with Crippen LogP contribution >= 0.6 is 11.6 Å². The Labute approximate surface area is 93.7 Å². The first-order valence-corrected chi connectivity index (χ1v) is 4.55. The van der Waals surface area contributed by atoms with Crippen LogP contribution in [0.5, 0.6) is 5.75 Å². The first kappa shape index (κ1) is 13.1. The number of hydrogen-bond acceptors (Lipinski definition) is 2. The van der Waals surface area contributed by atoms with Crippen molar-refractivity contribution < 1.29 is 27.0 Å². The van der Waals surface area contributed by atoms with Gasteiger partial charge in [0.25, 0.3) is 0 Å². The minimum Gasteiger partial charge on any atom is -0.491 e. The summed E-state index contributed by atoms with van der Waals surface area (Å²) in [6.45, 7) is -0.992. The molecule has 1 aromatic carbocycles. The lowest BCUT2D eigenvalue weighted by Crippen LogP contribution is -2.18. The van der Waals surface area contributed by atoms with Crippen molar-refractivity contribution in [1.82, 2.24) is 0 Å². The second kappa shape index (κ2) is 5.36. The fourth-order valence-corrected chi connectivity index (χ4v) is 1.00. The third-order valence-corrected chi connectivity index (χ3v) is 1.82. The molecule has 0 unspecified atom stereocenters. The summed E-state index contributed by atoms with van der Waals surface area (Å²) in [5, 5.41) is -0.0844. The molecule has 0 aliphatic heterocycles. The SMILES string of the molecule is Fc1cc(OCCOC(F)(F)F)ccc1Cl. The van der Waals surface area contributed by atoms with Gasteiger partial charge in [-0.1, -0.05) is 11.6 Å². The summed E-state index contributed by atoms with van der Waals surface area (Å²) in [7, 11) is 0. The molecule has 7 heteroatoms. The highest BCUT2D eigenvalue weighted by Crippen LogP contribution is 2.20. The van der Waals surface area contributed by atoms with Gasteiger partial charge in [0.2, 0.25) is 0 Å².